The van der Waals surface area contributed by atoms with Crippen LogP contribution in [0.15, 0.2) is 48.5 Å². The van der Waals surface area contributed by atoms with Crippen LogP contribution in [0.1, 0.15) is 27.9 Å². The van der Waals surface area contributed by atoms with Crippen molar-refractivity contribution in [1.29, 1.82) is 0 Å². The fourth-order valence-electron chi connectivity index (χ4n) is 1.99. The predicted octanol–water partition coefficient (Wildman–Crippen LogP) is 3.96. The van der Waals surface area contributed by atoms with Crippen LogP contribution in [0, 0.1) is 10.5 Å². The molecule has 0 aliphatic carbocycles. The summed E-state index contributed by atoms with van der Waals surface area (Å²) >= 11 is 2.19. The molecule has 20 heavy (non-hydrogen) atoms. The Morgan fingerprint density at radius 1 is 1.10 bits per heavy atom. The fourth-order valence-corrected chi connectivity index (χ4v) is 2.62. The van der Waals surface area contributed by atoms with E-state index in [1.807, 2.05) is 24.3 Å². The number of hydrogen-bond acceptors (Lipinski definition) is 1. The van der Waals surface area contributed by atoms with E-state index in [1.54, 1.807) is 0 Å². The summed E-state index contributed by atoms with van der Waals surface area (Å²) in [5.41, 5.74) is 3.35. The second kappa shape index (κ2) is 7.43. The topological polar surface area (TPSA) is 29.1 Å². The highest BCUT2D eigenvalue weighted by Crippen LogP contribution is 2.11. The molecule has 0 saturated heterocycles. The van der Waals surface area contributed by atoms with Crippen molar-refractivity contribution in [2.75, 3.05) is 6.54 Å². The number of carbonyl (C=O) groups is 1. The highest BCUT2D eigenvalue weighted by atomic mass is 127. The van der Waals surface area contributed by atoms with Crippen molar-refractivity contribution in [3.63, 3.8) is 0 Å². The molecule has 1 N–H and O–H groups in total. The van der Waals surface area contributed by atoms with Crippen molar-refractivity contribution in [2.24, 2.45) is 0 Å². The molecule has 104 valence electrons. The first-order chi connectivity index (χ1) is 9.66. The van der Waals surface area contributed by atoms with Crippen molar-refractivity contribution < 1.29 is 4.79 Å². The Balaban J connectivity index is 1.77. The standard InChI is InChI=1S/C17H18INO/c1-13-8-10-14(11-9-13)5-4-12-19-17(20)15-6-2-3-7-16(15)18/h2-3,6-11H,4-5,12H2,1H3,(H,19,20). The Labute approximate surface area is 133 Å². The molecule has 0 heterocycles. The van der Waals surface area contributed by atoms with Crippen LogP contribution in [0.5, 0.6) is 0 Å². The summed E-state index contributed by atoms with van der Waals surface area (Å²) in [6.07, 6.45) is 1.95. The molecule has 1 amide bonds. The third kappa shape index (κ3) is 4.34. The normalized spacial score (nSPS) is 10.3. The summed E-state index contributed by atoms with van der Waals surface area (Å²) in [7, 11) is 0. The smallest absolute Gasteiger partial charge is 0.252 e. The lowest BCUT2D eigenvalue weighted by Crippen LogP contribution is -2.25. The summed E-state index contributed by atoms with van der Waals surface area (Å²) in [5, 5.41) is 2.98. The van der Waals surface area contributed by atoms with Gasteiger partial charge in [0.25, 0.3) is 5.91 Å². The van der Waals surface area contributed by atoms with Crippen LogP contribution in [0.3, 0.4) is 0 Å². The molecule has 0 spiro atoms. The fraction of sp³-hybridized carbons (Fsp3) is 0.235. The second-order valence-electron chi connectivity index (χ2n) is 4.82. The quantitative estimate of drug-likeness (QED) is 0.619. The molecule has 2 rings (SSSR count). The molecule has 0 aliphatic heterocycles. The molecule has 2 nitrogen and oxygen atoms in total. The largest absolute Gasteiger partial charge is 0.352 e. The van der Waals surface area contributed by atoms with E-state index in [0.29, 0.717) is 6.54 Å². The molecular formula is C17H18INO. The molecule has 0 fully saturated rings. The van der Waals surface area contributed by atoms with Gasteiger partial charge in [-0.1, -0.05) is 42.0 Å². The van der Waals surface area contributed by atoms with Gasteiger partial charge in [0.1, 0.15) is 0 Å². The second-order valence-corrected chi connectivity index (χ2v) is 5.99. The van der Waals surface area contributed by atoms with Gasteiger partial charge in [-0.3, -0.25) is 4.79 Å². The minimum Gasteiger partial charge on any atom is -0.352 e. The van der Waals surface area contributed by atoms with E-state index < -0.39 is 0 Å². The molecule has 0 aromatic heterocycles. The third-order valence-corrected chi connectivity index (χ3v) is 4.11. The van der Waals surface area contributed by atoms with Gasteiger partial charge in [0, 0.05) is 10.1 Å². The van der Waals surface area contributed by atoms with Crippen molar-refractivity contribution in [2.45, 2.75) is 19.8 Å². The number of aryl methyl sites for hydroxylation is 2. The van der Waals surface area contributed by atoms with Gasteiger partial charge >= 0.3 is 0 Å². The minimum absolute atomic E-state index is 0.0129. The van der Waals surface area contributed by atoms with E-state index in [-0.39, 0.29) is 5.91 Å². The van der Waals surface area contributed by atoms with Gasteiger partial charge in [0.15, 0.2) is 0 Å². The van der Waals surface area contributed by atoms with E-state index in [9.17, 15) is 4.79 Å². The van der Waals surface area contributed by atoms with Gasteiger partial charge in [-0.15, -0.1) is 0 Å². The maximum Gasteiger partial charge on any atom is 0.252 e. The summed E-state index contributed by atoms with van der Waals surface area (Å²) < 4.78 is 0.987. The molecule has 3 heteroatoms. The Bertz CT molecular complexity index is 578. The monoisotopic (exact) mass is 379 g/mol. The van der Waals surface area contributed by atoms with Gasteiger partial charge in [-0.05, 0) is 60.1 Å². The Morgan fingerprint density at radius 3 is 2.50 bits per heavy atom. The SMILES string of the molecule is Cc1ccc(CCCNC(=O)c2ccccc2I)cc1. The van der Waals surface area contributed by atoms with Crippen molar-refractivity contribution in [3.8, 4) is 0 Å². The van der Waals surface area contributed by atoms with E-state index in [2.05, 4.69) is 59.1 Å². The highest BCUT2D eigenvalue weighted by Gasteiger charge is 2.07. The van der Waals surface area contributed by atoms with Gasteiger partial charge in [-0.2, -0.15) is 0 Å². The first-order valence-electron chi connectivity index (χ1n) is 6.75. The Hall–Kier alpha value is -1.36. The van der Waals surface area contributed by atoms with Crippen LogP contribution in [-0.2, 0) is 6.42 Å². The Morgan fingerprint density at radius 2 is 1.80 bits per heavy atom. The Kier molecular flexibility index (Phi) is 5.59. The van der Waals surface area contributed by atoms with Crippen molar-refractivity contribution in [1.82, 2.24) is 5.32 Å². The first kappa shape index (κ1) is 15.0. The summed E-state index contributed by atoms with van der Waals surface area (Å²) in [6, 6.07) is 16.2. The highest BCUT2D eigenvalue weighted by molar-refractivity contribution is 14.1. The molecule has 0 radical (unpaired) electrons. The van der Waals surface area contributed by atoms with Crippen LogP contribution in [0.4, 0.5) is 0 Å². The van der Waals surface area contributed by atoms with Crippen LogP contribution in [0.25, 0.3) is 0 Å². The van der Waals surface area contributed by atoms with Crippen LogP contribution < -0.4 is 5.32 Å². The molecule has 0 atom stereocenters. The number of carbonyl (C=O) groups excluding carboxylic acids is 1. The molecule has 0 aliphatic rings. The lowest BCUT2D eigenvalue weighted by Gasteiger charge is -2.07. The molecule has 0 saturated carbocycles. The average Bonchev–Trinajstić information content (AvgIpc) is 2.46. The van der Waals surface area contributed by atoms with E-state index in [1.165, 1.54) is 11.1 Å². The summed E-state index contributed by atoms with van der Waals surface area (Å²) in [4.78, 5) is 12.0. The first-order valence-corrected chi connectivity index (χ1v) is 7.83. The zero-order valence-electron chi connectivity index (χ0n) is 11.5. The summed E-state index contributed by atoms with van der Waals surface area (Å²) in [5.74, 6) is 0.0129. The van der Waals surface area contributed by atoms with E-state index in [4.69, 9.17) is 0 Å². The number of hydrogen-bond donors (Lipinski definition) is 1. The van der Waals surface area contributed by atoms with E-state index >= 15 is 0 Å². The average molecular weight is 379 g/mol. The summed E-state index contributed by atoms with van der Waals surface area (Å²) in [6.45, 7) is 2.79. The number of halogens is 1. The molecule has 2 aromatic carbocycles. The van der Waals surface area contributed by atoms with Gasteiger partial charge < -0.3 is 5.32 Å². The molecule has 2 aromatic rings. The minimum atomic E-state index is 0.0129. The van der Waals surface area contributed by atoms with Gasteiger partial charge in [-0.25, -0.2) is 0 Å². The van der Waals surface area contributed by atoms with Crippen LogP contribution >= 0.6 is 22.6 Å². The maximum absolute atomic E-state index is 12.0. The van der Waals surface area contributed by atoms with Gasteiger partial charge in [0.2, 0.25) is 0 Å². The lowest BCUT2D eigenvalue weighted by molar-refractivity contribution is 0.0952. The third-order valence-electron chi connectivity index (χ3n) is 3.17. The number of nitrogens with one attached hydrogen (secondary N) is 1. The van der Waals surface area contributed by atoms with Crippen LogP contribution in [-0.4, -0.2) is 12.5 Å². The number of amides is 1. The van der Waals surface area contributed by atoms with Crippen LogP contribution in [0.2, 0.25) is 0 Å². The maximum atomic E-state index is 12.0. The molecule has 0 unspecified atom stereocenters. The van der Waals surface area contributed by atoms with E-state index in [0.717, 1.165) is 22.0 Å². The van der Waals surface area contributed by atoms with Crippen molar-refractivity contribution >= 4 is 28.5 Å². The zero-order chi connectivity index (χ0) is 14.4. The lowest BCUT2D eigenvalue weighted by atomic mass is 10.1. The zero-order valence-corrected chi connectivity index (χ0v) is 13.7. The molecule has 0 bridgehead atoms. The van der Waals surface area contributed by atoms with Gasteiger partial charge in [0.05, 0.1) is 5.56 Å². The number of benzene rings is 2. The number of rotatable bonds is 5. The molecular weight excluding hydrogens is 361 g/mol. The predicted molar refractivity (Wildman–Crippen MR) is 91.0 cm³/mol. The van der Waals surface area contributed by atoms with Crippen molar-refractivity contribution in [3.05, 3.63) is 68.8 Å².